The summed E-state index contributed by atoms with van der Waals surface area (Å²) in [6.07, 6.45) is 0.261. The van der Waals surface area contributed by atoms with Crippen molar-refractivity contribution in [1.29, 1.82) is 0 Å². The summed E-state index contributed by atoms with van der Waals surface area (Å²) in [6.45, 7) is 0.597. The maximum absolute atomic E-state index is 11.1. The summed E-state index contributed by atoms with van der Waals surface area (Å²) >= 11 is 0. The van der Waals surface area contributed by atoms with Crippen LogP contribution in [0.2, 0.25) is 0 Å². The van der Waals surface area contributed by atoms with E-state index < -0.39 is 0 Å². The van der Waals surface area contributed by atoms with Crippen LogP contribution < -0.4 is 10.6 Å². The van der Waals surface area contributed by atoms with Crippen LogP contribution in [0.4, 0.5) is 0 Å². The van der Waals surface area contributed by atoms with Crippen LogP contribution in [0.15, 0.2) is 0 Å². The Bertz CT molecular complexity index is 193. The number of carbonyl (C=O) groups is 2. The molecule has 3 N–H and O–H groups in total. The first-order chi connectivity index (χ1) is 5.74. The summed E-state index contributed by atoms with van der Waals surface area (Å²) in [5, 5.41) is 13.5. The molecule has 0 aromatic carbocycles. The first-order valence-corrected chi connectivity index (χ1v) is 3.89. The van der Waals surface area contributed by atoms with Gasteiger partial charge in [0.25, 0.3) is 0 Å². The topological polar surface area (TPSA) is 78.4 Å². The second-order valence-corrected chi connectivity index (χ2v) is 2.72. The quantitative estimate of drug-likeness (QED) is 0.471. The molecule has 1 heterocycles. The Morgan fingerprint density at radius 3 is 3.00 bits per heavy atom. The lowest BCUT2D eigenvalue weighted by Gasteiger charge is -2.06. The van der Waals surface area contributed by atoms with Crippen molar-refractivity contribution >= 4 is 11.8 Å². The van der Waals surface area contributed by atoms with Gasteiger partial charge in [-0.15, -0.1) is 0 Å². The zero-order valence-corrected chi connectivity index (χ0v) is 6.67. The fourth-order valence-electron chi connectivity index (χ4n) is 1.11. The van der Waals surface area contributed by atoms with Gasteiger partial charge in [0.2, 0.25) is 11.8 Å². The highest BCUT2D eigenvalue weighted by Crippen LogP contribution is 2.07. The van der Waals surface area contributed by atoms with E-state index in [2.05, 4.69) is 10.6 Å². The number of rotatable bonds is 3. The Morgan fingerprint density at radius 2 is 2.50 bits per heavy atom. The number of hydrogen-bond donors (Lipinski definition) is 3. The molecule has 2 amide bonds. The van der Waals surface area contributed by atoms with Crippen molar-refractivity contribution in [2.24, 2.45) is 5.92 Å². The highest BCUT2D eigenvalue weighted by atomic mass is 16.3. The highest BCUT2D eigenvalue weighted by Gasteiger charge is 2.27. The lowest BCUT2D eigenvalue weighted by molar-refractivity contribution is -0.126. The van der Waals surface area contributed by atoms with Gasteiger partial charge < -0.3 is 15.7 Å². The van der Waals surface area contributed by atoms with Crippen LogP contribution in [-0.2, 0) is 9.59 Å². The van der Waals surface area contributed by atoms with E-state index in [9.17, 15) is 9.59 Å². The van der Waals surface area contributed by atoms with Crippen LogP contribution in [0.3, 0.4) is 0 Å². The van der Waals surface area contributed by atoms with E-state index in [4.69, 9.17) is 5.11 Å². The van der Waals surface area contributed by atoms with Gasteiger partial charge in [0.05, 0.1) is 12.5 Å². The van der Waals surface area contributed by atoms with Crippen molar-refractivity contribution in [3.8, 4) is 0 Å². The highest BCUT2D eigenvalue weighted by molar-refractivity contribution is 5.89. The number of nitrogens with one attached hydrogen (secondary N) is 2. The molecule has 0 aromatic heterocycles. The van der Waals surface area contributed by atoms with Gasteiger partial charge >= 0.3 is 0 Å². The van der Waals surface area contributed by atoms with Gasteiger partial charge in [0, 0.05) is 19.5 Å². The van der Waals surface area contributed by atoms with Gasteiger partial charge in [-0.2, -0.15) is 0 Å². The molecule has 0 aliphatic carbocycles. The second kappa shape index (κ2) is 4.06. The monoisotopic (exact) mass is 172 g/mol. The molecule has 1 fully saturated rings. The van der Waals surface area contributed by atoms with E-state index >= 15 is 0 Å². The molecule has 0 bridgehead atoms. The molecular formula is C7H12N2O3. The van der Waals surface area contributed by atoms with Gasteiger partial charge in [0.15, 0.2) is 0 Å². The fraction of sp³-hybridized carbons (Fsp3) is 0.714. The number of aliphatic hydroxyl groups excluding tert-OH is 1. The zero-order valence-electron chi connectivity index (χ0n) is 6.67. The molecule has 1 aliphatic rings. The van der Waals surface area contributed by atoms with Crippen molar-refractivity contribution in [1.82, 2.24) is 10.6 Å². The third kappa shape index (κ3) is 2.20. The van der Waals surface area contributed by atoms with Gasteiger partial charge in [-0.1, -0.05) is 0 Å². The van der Waals surface area contributed by atoms with Crippen molar-refractivity contribution in [3.63, 3.8) is 0 Å². The molecule has 1 rings (SSSR count). The van der Waals surface area contributed by atoms with Crippen molar-refractivity contribution in [2.45, 2.75) is 6.42 Å². The van der Waals surface area contributed by atoms with Crippen LogP contribution in [0.1, 0.15) is 6.42 Å². The van der Waals surface area contributed by atoms with E-state index in [-0.39, 0.29) is 37.3 Å². The lowest BCUT2D eigenvalue weighted by Crippen LogP contribution is -2.33. The Morgan fingerprint density at radius 1 is 1.75 bits per heavy atom. The molecule has 5 heteroatoms. The summed E-state index contributed by atoms with van der Waals surface area (Å²) in [5.41, 5.74) is 0. The number of hydrogen-bond acceptors (Lipinski definition) is 3. The minimum absolute atomic E-state index is 0.0696. The predicted octanol–water partition coefficient (Wildman–Crippen LogP) is -1.77. The molecule has 0 spiro atoms. The first-order valence-electron chi connectivity index (χ1n) is 3.89. The molecule has 0 aromatic rings. The SMILES string of the molecule is O=C1CC(C(=O)NCCO)CN1. The van der Waals surface area contributed by atoms with Gasteiger partial charge in [0.1, 0.15) is 0 Å². The summed E-state index contributed by atoms with van der Waals surface area (Å²) in [4.78, 5) is 21.8. The van der Waals surface area contributed by atoms with Crippen molar-refractivity contribution in [3.05, 3.63) is 0 Å². The van der Waals surface area contributed by atoms with Gasteiger partial charge in [-0.3, -0.25) is 9.59 Å². The Hall–Kier alpha value is -1.10. The molecule has 68 valence electrons. The molecular weight excluding hydrogens is 160 g/mol. The molecule has 5 nitrogen and oxygen atoms in total. The summed E-state index contributed by atoms with van der Waals surface area (Å²) in [7, 11) is 0. The standard InChI is InChI=1S/C7H12N2O3/c10-2-1-8-7(12)5-3-6(11)9-4-5/h5,10H,1-4H2,(H,8,12)(H,9,11). The minimum Gasteiger partial charge on any atom is -0.395 e. The van der Waals surface area contributed by atoms with Crippen LogP contribution in [-0.4, -0.2) is 36.6 Å². The first kappa shape index (κ1) is 8.99. The maximum Gasteiger partial charge on any atom is 0.225 e. The largest absolute Gasteiger partial charge is 0.395 e. The third-order valence-electron chi connectivity index (χ3n) is 1.76. The van der Waals surface area contributed by atoms with E-state index in [0.717, 1.165) is 0 Å². The van der Waals surface area contributed by atoms with E-state index in [1.54, 1.807) is 0 Å². The van der Waals surface area contributed by atoms with E-state index in [1.807, 2.05) is 0 Å². The molecule has 1 saturated heterocycles. The Labute approximate surface area is 70.1 Å². The zero-order chi connectivity index (χ0) is 8.97. The molecule has 1 unspecified atom stereocenters. The van der Waals surface area contributed by atoms with Gasteiger partial charge in [-0.05, 0) is 0 Å². The molecule has 0 radical (unpaired) electrons. The van der Waals surface area contributed by atoms with Crippen molar-refractivity contribution < 1.29 is 14.7 Å². The van der Waals surface area contributed by atoms with Crippen LogP contribution in [0, 0.1) is 5.92 Å². The fourth-order valence-corrected chi connectivity index (χ4v) is 1.11. The molecule has 1 aliphatic heterocycles. The molecule has 1 atom stereocenters. The van der Waals surface area contributed by atoms with E-state index in [1.165, 1.54) is 0 Å². The molecule has 0 saturated carbocycles. The Balaban J connectivity index is 2.28. The summed E-state index contributed by atoms with van der Waals surface area (Å²) in [5.74, 6) is -0.509. The minimum atomic E-state index is -0.260. The second-order valence-electron chi connectivity index (χ2n) is 2.72. The average Bonchev–Trinajstić information content (AvgIpc) is 2.47. The van der Waals surface area contributed by atoms with Crippen LogP contribution in [0.25, 0.3) is 0 Å². The average molecular weight is 172 g/mol. The van der Waals surface area contributed by atoms with Crippen molar-refractivity contribution in [2.75, 3.05) is 19.7 Å². The predicted molar refractivity (Wildman–Crippen MR) is 41.2 cm³/mol. The number of amides is 2. The van der Waals surface area contributed by atoms with Crippen LogP contribution >= 0.6 is 0 Å². The Kier molecular flexibility index (Phi) is 3.04. The number of aliphatic hydroxyl groups is 1. The smallest absolute Gasteiger partial charge is 0.225 e. The maximum atomic E-state index is 11.1. The third-order valence-corrected chi connectivity index (χ3v) is 1.76. The summed E-state index contributed by atoms with van der Waals surface area (Å²) in [6, 6.07) is 0. The molecule has 12 heavy (non-hydrogen) atoms. The van der Waals surface area contributed by atoms with E-state index in [0.29, 0.717) is 6.54 Å². The normalized spacial score (nSPS) is 22.1. The van der Waals surface area contributed by atoms with Gasteiger partial charge in [-0.25, -0.2) is 0 Å². The van der Waals surface area contributed by atoms with Crippen LogP contribution in [0.5, 0.6) is 0 Å². The number of carbonyl (C=O) groups excluding carboxylic acids is 2. The lowest BCUT2D eigenvalue weighted by atomic mass is 10.1. The summed E-state index contributed by atoms with van der Waals surface area (Å²) < 4.78 is 0.